The Kier molecular flexibility index (Phi) is 6.45. The molecule has 1 atom stereocenters. The van der Waals surface area contributed by atoms with Gasteiger partial charge in [0.1, 0.15) is 0 Å². The van der Waals surface area contributed by atoms with E-state index in [1.165, 1.54) is 25.7 Å². The van der Waals surface area contributed by atoms with Crippen molar-refractivity contribution in [2.24, 2.45) is 5.41 Å². The van der Waals surface area contributed by atoms with Crippen molar-refractivity contribution >= 4 is 0 Å². The fourth-order valence-electron chi connectivity index (χ4n) is 2.79. The van der Waals surface area contributed by atoms with E-state index in [1.807, 2.05) is 0 Å². The van der Waals surface area contributed by atoms with Crippen molar-refractivity contribution in [2.45, 2.75) is 52.6 Å². The maximum atomic E-state index is 9.94. The third kappa shape index (κ3) is 5.36. The van der Waals surface area contributed by atoms with Gasteiger partial charge in [0, 0.05) is 19.6 Å². The van der Waals surface area contributed by atoms with Crippen LogP contribution in [0.3, 0.4) is 0 Å². The lowest BCUT2D eigenvalue weighted by Crippen LogP contribution is -2.40. The average molecular weight is 242 g/mol. The summed E-state index contributed by atoms with van der Waals surface area (Å²) in [6, 6.07) is 0. The highest BCUT2D eigenvalue weighted by molar-refractivity contribution is 4.82. The fraction of sp³-hybridized carbons (Fsp3) is 1.00. The van der Waals surface area contributed by atoms with Gasteiger partial charge in [0.15, 0.2) is 0 Å². The molecule has 1 saturated carbocycles. The molecule has 102 valence electrons. The van der Waals surface area contributed by atoms with Crippen LogP contribution in [0.2, 0.25) is 0 Å². The van der Waals surface area contributed by atoms with Crippen LogP contribution in [0, 0.1) is 5.41 Å². The summed E-state index contributed by atoms with van der Waals surface area (Å²) in [5.74, 6) is 0. The molecular weight excluding hydrogens is 212 g/mol. The van der Waals surface area contributed by atoms with Gasteiger partial charge in [0.25, 0.3) is 0 Å². The van der Waals surface area contributed by atoms with E-state index in [-0.39, 0.29) is 6.10 Å². The normalized spacial score (nSPS) is 21.0. The summed E-state index contributed by atoms with van der Waals surface area (Å²) in [6.45, 7) is 11.3. The highest BCUT2D eigenvalue weighted by Gasteiger charge is 2.28. The number of aliphatic hydroxyl groups excluding tert-OH is 1. The molecule has 1 fully saturated rings. The van der Waals surface area contributed by atoms with Crippen molar-refractivity contribution in [3.63, 3.8) is 0 Å². The van der Waals surface area contributed by atoms with E-state index < -0.39 is 0 Å². The van der Waals surface area contributed by atoms with Gasteiger partial charge < -0.3 is 15.3 Å². The predicted molar refractivity (Wildman–Crippen MR) is 73.2 cm³/mol. The Labute approximate surface area is 107 Å². The second-order valence-electron chi connectivity index (χ2n) is 5.79. The molecule has 3 heteroatoms. The summed E-state index contributed by atoms with van der Waals surface area (Å²) in [6.07, 6.45) is 5.19. The molecule has 3 nitrogen and oxygen atoms in total. The van der Waals surface area contributed by atoms with Crippen LogP contribution in [0.1, 0.15) is 46.5 Å². The van der Waals surface area contributed by atoms with Gasteiger partial charge in [-0.1, -0.05) is 33.6 Å². The quantitative estimate of drug-likeness (QED) is 0.682. The Balaban J connectivity index is 2.13. The molecule has 0 bridgehead atoms. The third-order valence-corrected chi connectivity index (χ3v) is 4.11. The molecule has 0 aromatic rings. The Morgan fingerprint density at radius 3 is 2.35 bits per heavy atom. The van der Waals surface area contributed by atoms with Crippen molar-refractivity contribution in [1.82, 2.24) is 10.2 Å². The van der Waals surface area contributed by atoms with Gasteiger partial charge in [-0.3, -0.25) is 0 Å². The first-order chi connectivity index (χ1) is 8.09. The van der Waals surface area contributed by atoms with Crippen molar-refractivity contribution in [2.75, 3.05) is 32.7 Å². The molecule has 0 aromatic carbocycles. The molecule has 2 N–H and O–H groups in total. The zero-order chi connectivity index (χ0) is 12.7. The summed E-state index contributed by atoms with van der Waals surface area (Å²) >= 11 is 0. The summed E-state index contributed by atoms with van der Waals surface area (Å²) < 4.78 is 0. The van der Waals surface area contributed by atoms with Crippen LogP contribution in [-0.2, 0) is 0 Å². The van der Waals surface area contributed by atoms with E-state index in [0.717, 1.165) is 32.7 Å². The van der Waals surface area contributed by atoms with Gasteiger partial charge in [0.05, 0.1) is 6.10 Å². The third-order valence-electron chi connectivity index (χ3n) is 4.11. The molecule has 1 aliphatic rings. The maximum Gasteiger partial charge on any atom is 0.0791 e. The number of likely N-dealkylation sites (N-methyl/N-ethyl adjacent to an activating group) is 1. The minimum atomic E-state index is -0.236. The predicted octanol–water partition coefficient (Wildman–Crippen LogP) is 1.86. The number of nitrogens with zero attached hydrogens (tertiary/aromatic N) is 1. The number of nitrogens with one attached hydrogen (secondary N) is 1. The topological polar surface area (TPSA) is 35.5 Å². The molecule has 17 heavy (non-hydrogen) atoms. The lowest BCUT2D eigenvalue weighted by atomic mass is 9.89. The smallest absolute Gasteiger partial charge is 0.0791 e. The van der Waals surface area contributed by atoms with Crippen LogP contribution < -0.4 is 5.32 Å². The Morgan fingerprint density at radius 1 is 1.24 bits per heavy atom. The van der Waals surface area contributed by atoms with Crippen molar-refractivity contribution < 1.29 is 5.11 Å². The minimum absolute atomic E-state index is 0.236. The first-order valence-corrected chi connectivity index (χ1v) is 7.21. The summed E-state index contributed by atoms with van der Waals surface area (Å²) in [5, 5.41) is 13.4. The molecule has 0 saturated heterocycles. The van der Waals surface area contributed by atoms with Gasteiger partial charge >= 0.3 is 0 Å². The number of hydrogen-bond donors (Lipinski definition) is 2. The molecule has 0 radical (unpaired) electrons. The largest absolute Gasteiger partial charge is 0.390 e. The highest BCUT2D eigenvalue weighted by Crippen LogP contribution is 2.36. The second kappa shape index (κ2) is 7.34. The first kappa shape index (κ1) is 14.9. The molecule has 0 aromatic heterocycles. The van der Waals surface area contributed by atoms with E-state index in [9.17, 15) is 5.11 Å². The maximum absolute atomic E-state index is 9.94. The van der Waals surface area contributed by atoms with E-state index in [2.05, 4.69) is 31.0 Å². The van der Waals surface area contributed by atoms with E-state index >= 15 is 0 Å². The number of hydrogen-bond acceptors (Lipinski definition) is 3. The molecule has 1 aliphatic carbocycles. The van der Waals surface area contributed by atoms with Crippen LogP contribution in [0.4, 0.5) is 0 Å². The summed E-state index contributed by atoms with van der Waals surface area (Å²) in [4.78, 5) is 2.27. The fourth-order valence-corrected chi connectivity index (χ4v) is 2.79. The molecular formula is C14H30N2O. The number of aliphatic hydroxyl groups is 1. The monoisotopic (exact) mass is 242 g/mol. The standard InChI is InChI=1S/C14H30N2O/c1-4-16(5-2)11-13(17)10-15-12-14(3)8-6-7-9-14/h13,15,17H,4-12H2,1-3H3. The number of rotatable bonds is 8. The molecule has 0 heterocycles. The van der Waals surface area contributed by atoms with Crippen LogP contribution in [0.15, 0.2) is 0 Å². The zero-order valence-electron chi connectivity index (χ0n) is 11.8. The lowest BCUT2D eigenvalue weighted by Gasteiger charge is -2.26. The van der Waals surface area contributed by atoms with Crippen LogP contribution in [-0.4, -0.2) is 48.8 Å². The van der Waals surface area contributed by atoms with Gasteiger partial charge in [-0.2, -0.15) is 0 Å². The van der Waals surface area contributed by atoms with Gasteiger partial charge in [-0.25, -0.2) is 0 Å². The highest BCUT2D eigenvalue weighted by atomic mass is 16.3. The lowest BCUT2D eigenvalue weighted by molar-refractivity contribution is 0.113. The average Bonchev–Trinajstić information content (AvgIpc) is 2.73. The Hall–Kier alpha value is -0.120. The van der Waals surface area contributed by atoms with Gasteiger partial charge in [0.2, 0.25) is 0 Å². The molecule has 0 amide bonds. The summed E-state index contributed by atoms with van der Waals surface area (Å²) in [5.41, 5.74) is 0.481. The zero-order valence-corrected chi connectivity index (χ0v) is 11.8. The minimum Gasteiger partial charge on any atom is -0.390 e. The van der Waals surface area contributed by atoms with Crippen molar-refractivity contribution in [3.05, 3.63) is 0 Å². The molecule has 1 rings (SSSR count). The SMILES string of the molecule is CCN(CC)CC(O)CNCC1(C)CCCC1. The molecule has 0 spiro atoms. The van der Waals surface area contributed by atoms with E-state index in [0.29, 0.717) is 5.41 Å². The Morgan fingerprint density at radius 2 is 1.82 bits per heavy atom. The van der Waals surface area contributed by atoms with Crippen LogP contribution in [0.5, 0.6) is 0 Å². The van der Waals surface area contributed by atoms with E-state index in [1.54, 1.807) is 0 Å². The van der Waals surface area contributed by atoms with Crippen LogP contribution >= 0.6 is 0 Å². The van der Waals surface area contributed by atoms with Crippen molar-refractivity contribution in [3.8, 4) is 0 Å². The molecule has 0 aliphatic heterocycles. The van der Waals surface area contributed by atoms with Gasteiger partial charge in [-0.15, -0.1) is 0 Å². The van der Waals surface area contributed by atoms with Gasteiger partial charge in [-0.05, 0) is 31.3 Å². The second-order valence-corrected chi connectivity index (χ2v) is 5.79. The molecule has 1 unspecified atom stereocenters. The Bertz CT molecular complexity index is 198. The first-order valence-electron chi connectivity index (χ1n) is 7.21. The van der Waals surface area contributed by atoms with Crippen molar-refractivity contribution in [1.29, 1.82) is 0 Å². The van der Waals surface area contributed by atoms with Crippen LogP contribution in [0.25, 0.3) is 0 Å². The van der Waals surface area contributed by atoms with E-state index in [4.69, 9.17) is 0 Å². The summed E-state index contributed by atoms with van der Waals surface area (Å²) in [7, 11) is 0.